The molecule has 1 aromatic carbocycles. The van der Waals surface area contributed by atoms with Crippen LogP contribution in [0, 0.1) is 0 Å². The van der Waals surface area contributed by atoms with E-state index in [1.165, 1.54) is 0 Å². The number of nitrogens with one attached hydrogen (secondary N) is 1. The van der Waals surface area contributed by atoms with Crippen molar-refractivity contribution in [2.45, 2.75) is 4.90 Å². The molecule has 3 nitrogen and oxygen atoms in total. The van der Waals surface area contributed by atoms with Crippen LogP contribution in [0.25, 0.3) is 0 Å². The smallest absolute Gasteiger partial charge is 0.265 e. The minimum Gasteiger partial charge on any atom is -0.280 e. The molecule has 0 fully saturated rings. The average Bonchev–Trinajstić information content (AvgIpc) is 2.56. The lowest BCUT2D eigenvalue weighted by molar-refractivity contribution is 0.601. The van der Waals surface area contributed by atoms with Gasteiger partial charge >= 0.3 is 0 Å². The summed E-state index contributed by atoms with van der Waals surface area (Å²) < 4.78 is 27.5. The van der Waals surface area contributed by atoms with E-state index < -0.39 is 10.0 Å². The number of rotatable bonds is 3. The molecule has 0 saturated heterocycles. The van der Waals surface area contributed by atoms with Crippen LogP contribution in [0.15, 0.2) is 33.6 Å². The highest BCUT2D eigenvalue weighted by Gasteiger charge is 2.26. The zero-order valence-electron chi connectivity index (χ0n) is 8.95. The third-order valence-electron chi connectivity index (χ3n) is 2.09. The van der Waals surface area contributed by atoms with Crippen molar-refractivity contribution in [3.8, 4) is 0 Å². The fourth-order valence-electron chi connectivity index (χ4n) is 1.29. The van der Waals surface area contributed by atoms with Crippen molar-refractivity contribution in [3.05, 3.63) is 42.4 Å². The first kappa shape index (κ1) is 15.4. The van der Waals surface area contributed by atoms with Crippen LogP contribution in [-0.4, -0.2) is 8.42 Å². The Kier molecular flexibility index (Phi) is 4.70. The molecule has 0 bridgehead atoms. The van der Waals surface area contributed by atoms with Gasteiger partial charge in [-0.3, -0.25) is 4.72 Å². The molecule has 102 valence electrons. The first-order valence-electron chi connectivity index (χ1n) is 4.73. The van der Waals surface area contributed by atoms with Crippen LogP contribution in [0.3, 0.4) is 0 Å². The molecule has 19 heavy (non-hydrogen) atoms. The van der Waals surface area contributed by atoms with Gasteiger partial charge in [0.1, 0.15) is 13.6 Å². The number of hydrogen-bond acceptors (Lipinski definition) is 3. The average molecular weight is 422 g/mol. The number of anilines is 1. The van der Waals surface area contributed by atoms with E-state index in [2.05, 4.69) is 20.7 Å². The third kappa shape index (κ3) is 3.37. The van der Waals surface area contributed by atoms with Gasteiger partial charge in [-0.15, -0.1) is 11.3 Å². The van der Waals surface area contributed by atoms with Gasteiger partial charge in [0.2, 0.25) is 0 Å². The van der Waals surface area contributed by atoms with Crippen LogP contribution in [0.4, 0.5) is 5.69 Å². The van der Waals surface area contributed by atoms with E-state index in [-0.39, 0.29) is 18.0 Å². The first-order chi connectivity index (χ1) is 8.81. The molecule has 9 heteroatoms. The van der Waals surface area contributed by atoms with Gasteiger partial charge < -0.3 is 0 Å². The number of thiophene rings is 1. The molecule has 1 aromatic heterocycles. The fraction of sp³-hybridized carbons (Fsp3) is 0. The second-order valence-electron chi connectivity index (χ2n) is 3.40. The lowest BCUT2D eigenvalue weighted by Gasteiger charge is -2.07. The summed E-state index contributed by atoms with van der Waals surface area (Å²) in [4.78, 5) is -0.0703. The van der Waals surface area contributed by atoms with Crippen molar-refractivity contribution < 1.29 is 8.42 Å². The van der Waals surface area contributed by atoms with Crippen LogP contribution >= 0.6 is 62.1 Å². The van der Waals surface area contributed by atoms with Crippen molar-refractivity contribution in [1.82, 2.24) is 0 Å². The molecule has 0 aliphatic rings. The van der Waals surface area contributed by atoms with Crippen LogP contribution in [0.5, 0.6) is 0 Å². The van der Waals surface area contributed by atoms with E-state index in [9.17, 15) is 8.42 Å². The summed E-state index contributed by atoms with van der Waals surface area (Å²) in [7, 11) is -3.81. The van der Waals surface area contributed by atoms with E-state index in [4.69, 9.17) is 34.8 Å². The van der Waals surface area contributed by atoms with Crippen LogP contribution < -0.4 is 4.72 Å². The molecule has 0 saturated carbocycles. The molecule has 1 heterocycles. The highest BCUT2D eigenvalue weighted by Crippen LogP contribution is 2.43. The minimum absolute atomic E-state index is 0.0703. The van der Waals surface area contributed by atoms with E-state index >= 15 is 0 Å². The zero-order valence-corrected chi connectivity index (χ0v) is 14.4. The molecule has 0 atom stereocenters. The highest BCUT2D eigenvalue weighted by molar-refractivity contribution is 9.10. The van der Waals surface area contributed by atoms with E-state index in [1.807, 2.05) is 0 Å². The maximum absolute atomic E-state index is 12.2. The number of halogens is 4. The Morgan fingerprint density at radius 3 is 2.11 bits per heavy atom. The molecule has 0 unspecified atom stereocenters. The predicted octanol–water partition coefficient (Wildman–Crippen LogP) is 5.27. The summed E-state index contributed by atoms with van der Waals surface area (Å²) in [6.07, 6.45) is 0. The summed E-state index contributed by atoms with van der Waals surface area (Å²) in [6.45, 7) is 0. The monoisotopic (exact) mass is 419 g/mol. The molecular formula is C10H5BrCl3NO2S2. The van der Waals surface area contributed by atoms with Gasteiger partial charge in [-0.1, -0.05) is 34.8 Å². The summed E-state index contributed by atoms with van der Waals surface area (Å²) in [5.74, 6) is 0. The normalized spacial score (nSPS) is 11.6. The standard InChI is InChI=1S/C10H5BrCl3NO2S2/c11-7-8(10(14)18-9(7)13)19(16,17)15-6-3-1-5(12)2-4-6/h1-4,15H. The molecule has 2 rings (SSSR count). The second-order valence-corrected chi connectivity index (χ2v) is 8.48. The quantitative estimate of drug-likeness (QED) is 0.734. The van der Waals surface area contributed by atoms with E-state index in [1.54, 1.807) is 24.3 Å². The Morgan fingerprint density at radius 2 is 1.63 bits per heavy atom. The number of benzene rings is 1. The first-order valence-corrected chi connectivity index (χ1v) is 8.95. The predicted molar refractivity (Wildman–Crippen MR) is 84.3 cm³/mol. The Balaban J connectivity index is 2.40. The number of hydrogen-bond donors (Lipinski definition) is 1. The molecule has 2 aromatic rings. The summed E-state index contributed by atoms with van der Waals surface area (Å²) in [5.41, 5.74) is 0.384. The van der Waals surface area contributed by atoms with Crippen molar-refractivity contribution in [3.63, 3.8) is 0 Å². The van der Waals surface area contributed by atoms with Gasteiger partial charge in [-0.05, 0) is 40.2 Å². The Morgan fingerprint density at radius 1 is 1.05 bits per heavy atom. The fourth-order valence-corrected chi connectivity index (χ4v) is 6.04. The number of sulfonamides is 1. The van der Waals surface area contributed by atoms with Crippen LogP contribution in [-0.2, 0) is 10.0 Å². The lowest BCUT2D eigenvalue weighted by atomic mass is 10.3. The SMILES string of the molecule is O=S(=O)(Nc1ccc(Cl)cc1)c1c(Cl)sc(Cl)c1Br. The Hall–Kier alpha value is 0.0200. The second kappa shape index (κ2) is 5.79. The van der Waals surface area contributed by atoms with E-state index in [0.29, 0.717) is 10.7 Å². The Bertz CT molecular complexity index is 713. The van der Waals surface area contributed by atoms with Gasteiger partial charge in [0.15, 0.2) is 0 Å². The molecule has 0 aliphatic heterocycles. The van der Waals surface area contributed by atoms with Gasteiger partial charge in [-0.2, -0.15) is 0 Å². The zero-order chi connectivity index (χ0) is 14.2. The third-order valence-corrected chi connectivity index (χ3v) is 7.19. The summed E-state index contributed by atoms with van der Waals surface area (Å²) >= 11 is 21.6. The Labute approximate surface area is 137 Å². The van der Waals surface area contributed by atoms with Crippen LogP contribution in [0.1, 0.15) is 0 Å². The topological polar surface area (TPSA) is 46.2 Å². The van der Waals surface area contributed by atoms with Gasteiger partial charge in [0.25, 0.3) is 10.0 Å². The van der Waals surface area contributed by atoms with Crippen molar-refractivity contribution >= 4 is 77.8 Å². The summed E-state index contributed by atoms with van der Waals surface area (Å²) in [6, 6.07) is 6.26. The largest absolute Gasteiger partial charge is 0.280 e. The molecule has 0 amide bonds. The maximum Gasteiger partial charge on any atom is 0.265 e. The van der Waals surface area contributed by atoms with Crippen molar-refractivity contribution in [1.29, 1.82) is 0 Å². The molecule has 0 aliphatic carbocycles. The molecule has 0 radical (unpaired) electrons. The lowest BCUT2D eigenvalue weighted by Crippen LogP contribution is -2.13. The molecule has 1 N–H and O–H groups in total. The van der Waals surface area contributed by atoms with Crippen molar-refractivity contribution in [2.24, 2.45) is 0 Å². The van der Waals surface area contributed by atoms with Gasteiger partial charge in [0, 0.05) is 10.7 Å². The van der Waals surface area contributed by atoms with Crippen molar-refractivity contribution in [2.75, 3.05) is 4.72 Å². The van der Waals surface area contributed by atoms with Gasteiger partial charge in [-0.25, -0.2) is 8.42 Å². The van der Waals surface area contributed by atoms with E-state index in [0.717, 1.165) is 11.3 Å². The minimum atomic E-state index is -3.81. The molecular weight excluding hydrogens is 417 g/mol. The highest BCUT2D eigenvalue weighted by atomic mass is 79.9. The maximum atomic E-state index is 12.2. The molecule has 0 spiro atoms. The summed E-state index contributed by atoms with van der Waals surface area (Å²) in [5, 5.41) is 0.515. The van der Waals surface area contributed by atoms with Gasteiger partial charge in [0.05, 0.1) is 4.47 Å². The van der Waals surface area contributed by atoms with Crippen LogP contribution in [0.2, 0.25) is 13.7 Å².